The summed E-state index contributed by atoms with van der Waals surface area (Å²) < 4.78 is 35.4. The summed E-state index contributed by atoms with van der Waals surface area (Å²) in [5.41, 5.74) is -1.50. The number of aliphatic hydroxyl groups excluding tert-OH is 1. The molecule has 5 aliphatic rings. The summed E-state index contributed by atoms with van der Waals surface area (Å²) in [6, 6.07) is -0.149. The van der Waals surface area contributed by atoms with Crippen LogP contribution in [-0.2, 0) is 33.3 Å². The van der Waals surface area contributed by atoms with Crippen LogP contribution in [0.2, 0.25) is 0 Å². The fourth-order valence-corrected chi connectivity index (χ4v) is 12.0. The van der Waals surface area contributed by atoms with Crippen LogP contribution in [0.25, 0.3) is 0 Å². The molecule has 0 radical (unpaired) electrons. The van der Waals surface area contributed by atoms with Crippen molar-refractivity contribution in [3.8, 4) is 0 Å². The fraction of sp³-hybridized carbons (Fsp3) is 0.920. The van der Waals surface area contributed by atoms with Crippen LogP contribution < -0.4 is 34.7 Å². The summed E-state index contributed by atoms with van der Waals surface area (Å²) in [4.78, 5) is 29.2. The number of hydrogen-bond donors (Lipinski definition) is 2. The summed E-state index contributed by atoms with van der Waals surface area (Å²) in [7, 11) is 0. The number of hydrogen-bond acceptors (Lipinski definition) is 11. The molecule has 0 aromatic carbocycles. The van der Waals surface area contributed by atoms with Crippen molar-refractivity contribution in [2.45, 2.75) is 238 Å². The maximum absolute atomic E-state index is 14.7. The first-order chi connectivity index (χ1) is 28.8. The first-order valence-corrected chi connectivity index (χ1v) is 24.8. The molecule has 12 heteroatoms. The molecule has 4 saturated heterocycles. The van der Waals surface area contributed by atoms with Gasteiger partial charge >= 0.3 is 29.6 Å². The van der Waals surface area contributed by atoms with Crippen molar-refractivity contribution in [2.75, 3.05) is 13.1 Å². The third kappa shape index (κ3) is 11.1. The zero-order valence-corrected chi connectivity index (χ0v) is 43.2. The van der Waals surface area contributed by atoms with Gasteiger partial charge in [0.15, 0.2) is 11.6 Å². The third-order valence-electron chi connectivity index (χ3n) is 16.4. The van der Waals surface area contributed by atoms with Crippen LogP contribution in [0, 0.1) is 41.4 Å². The number of aliphatic carboxylic acids is 1. The Labute approximate surface area is 397 Å². The molecule has 2 N–H and O–H groups in total. The van der Waals surface area contributed by atoms with Crippen LogP contribution in [0.4, 0.5) is 0 Å². The number of ketones is 1. The predicted molar refractivity (Wildman–Crippen MR) is 235 cm³/mol. The molecule has 5 aliphatic heterocycles. The Kier molecular flexibility index (Phi) is 19.7. The van der Waals surface area contributed by atoms with Gasteiger partial charge in [0, 0.05) is 42.0 Å². The van der Waals surface area contributed by atoms with E-state index >= 15 is 0 Å². The maximum atomic E-state index is 14.7. The van der Waals surface area contributed by atoms with Crippen LogP contribution in [0.3, 0.4) is 0 Å². The molecule has 62 heavy (non-hydrogen) atoms. The van der Waals surface area contributed by atoms with E-state index in [2.05, 4.69) is 58.6 Å². The van der Waals surface area contributed by atoms with E-state index < -0.39 is 70.7 Å². The third-order valence-corrected chi connectivity index (χ3v) is 16.4. The molecule has 11 nitrogen and oxygen atoms in total. The Balaban J connectivity index is 0.00000845. The minimum absolute atomic E-state index is 0. The molecule has 5 rings (SSSR count). The van der Waals surface area contributed by atoms with Crippen molar-refractivity contribution < 1.29 is 78.2 Å². The van der Waals surface area contributed by atoms with E-state index in [4.69, 9.17) is 23.7 Å². The van der Waals surface area contributed by atoms with Gasteiger partial charge in [0.25, 0.3) is 0 Å². The number of nitrogens with zero attached hydrogens (tertiary/aromatic N) is 1. The van der Waals surface area contributed by atoms with Crippen LogP contribution in [0.15, 0.2) is 12.2 Å². The molecule has 2 spiro atoms. The van der Waals surface area contributed by atoms with Gasteiger partial charge < -0.3 is 43.8 Å². The Morgan fingerprint density at radius 3 is 2.06 bits per heavy atom. The first kappa shape index (κ1) is 54.2. The molecule has 0 aromatic rings. The van der Waals surface area contributed by atoms with Gasteiger partial charge in [-0.15, -0.1) is 0 Å². The average molecular weight is 884 g/mol. The Bertz CT molecular complexity index is 1480. The normalized spacial score (nSPS) is 41.1. The van der Waals surface area contributed by atoms with E-state index in [1.54, 1.807) is 0 Å². The molecular formula is C50H86NNaO10. The first-order valence-electron chi connectivity index (χ1n) is 24.8. The smallest absolute Gasteiger partial charge is 0.550 e. The van der Waals surface area contributed by atoms with E-state index in [9.17, 15) is 24.9 Å². The molecule has 0 aromatic heterocycles. The van der Waals surface area contributed by atoms with E-state index in [0.29, 0.717) is 44.9 Å². The molecule has 352 valence electrons. The Hall–Kier alpha value is -0.440. The maximum Gasteiger partial charge on any atom is 1.00 e. The van der Waals surface area contributed by atoms with Crippen molar-refractivity contribution in [1.82, 2.24) is 4.90 Å². The molecule has 0 saturated carbocycles. The van der Waals surface area contributed by atoms with Gasteiger partial charge in [0.05, 0.1) is 53.9 Å². The molecule has 0 amide bonds. The fourth-order valence-electron chi connectivity index (χ4n) is 12.0. The van der Waals surface area contributed by atoms with Gasteiger partial charge in [-0.25, -0.2) is 0 Å². The summed E-state index contributed by atoms with van der Waals surface area (Å²) in [6.07, 6.45) is 12.4. The SMILES string of the molecule is CCCCN(CCCC)[C@H]1C=C[C@]2(O[C@H]([C@@H](CC)C(=O)[C@@H](C)[C@@H](O)[C@H](C)[C@@H]3O[C@@H]([C@@H](CC)C(=O)[O-])CC[C@@H]3C)[C@@H](C)C[C@H]2C)O[C@@]12CC[C@@](C)([C@H]1CC[C@](O)(CC)[C@H](C)O1)O2.[Na+]. The van der Waals surface area contributed by atoms with Crippen LogP contribution in [0.5, 0.6) is 0 Å². The van der Waals surface area contributed by atoms with Crippen molar-refractivity contribution in [3.63, 3.8) is 0 Å². The van der Waals surface area contributed by atoms with Gasteiger partial charge in [-0.1, -0.05) is 88.2 Å². The van der Waals surface area contributed by atoms with Gasteiger partial charge in [0.2, 0.25) is 0 Å². The second-order valence-corrected chi connectivity index (χ2v) is 20.6. The van der Waals surface area contributed by atoms with Crippen molar-refractivity contribution in [2.24, 2.45) is 41.4 Å². The van der Waals surface area contributed by atoms with Gasteiger partial charge in [-0.3, -0.25) is 9.69 Å². The summed E-state index contributed by atoms with van der Waals surface area (Å²) in [5.74, 6) is -5.47. The standard InChI is InChI=1S/C50H87NO10.Na/c1-13-18-28-51(29-19-14-2)40-22-25-49(61-50(40)27-26-47(12,60-50)41-23-24-48(56,17-5)36(11)57-41)33(8)30-32(7)45(59-49)38(16-4)43(53)34(9)42(52)35(10)44-31(6)20-21-39(58-44)37(15-3)46(54)55;/h22,25,31-42,44-45,52,56H,13-21,23-24,26-30H2,1-12H3,(H,54,55);/q;+1/p-1/t31-,32-,33+,34-,35-,36-,37+,38-,39+,40-,41+,42+,44+,45-,47-,48+,49-,50-;/m0./s1. The number of rotatable bonds is 19. The molecule has 4 fully saturated rings. The Morgan fingerprint density at radius 1 is 0.855 bits per heavy atom. The monoisotopic (exact) mass is 884 g/mol. The number of carboxylic acids is 1. The van der Waals surface area contributed by atoms with Crippen LogP contribution in [0.1, 0.15) is 173 Å². The van der Waals surface area contributed by atoms with E-state index in [0.717, 1.165) is 58.0 Å². The summed E-state index contributed by atoms with van der Waals surface area (Å²) >= 11 is 0. The number of Topliss-reactive ketones (excluding diaryl/α,β-unsaturated/α-hetero) is 1. The van der Waals surface area contributed by atoms with Crippen LogP contribution in [-0.4, -0.2) is 105 Å². The number of carbonyl (C=O) groups is 2. The second-order valence-electron chi connectivity index (χ2n) is 20.6. The zero-order valence-electron chi connectivity index (χ0n) is 41.2. The number of aliphatic hydroxyl groups is 2. The van der Waals surface area contributed by atoms with Crippen LogP contribution >= 0.6 is 0 Å². The van der Waals surface area contributed by atoms with Gasteiger partial charge in [-0.2, -0.15) is 0 Å². The summed E-state index contributed by atoms with van der Waals surface area (Å²) in [5, 5.41) is 35.1. The number of unbranched alkanes of at least 4 members (excludes halogenated alkanes) is 2. The van der Waals surface area contributed by atoms with Crippen molar-refractivity contribution in [1.29, 1.82) is 0 Å². The second kappa shape index (κ2) is 22.6. The average Bonchev–Trinajstić information content (AvgIpc) is 3.57. The topological polar surface area (TPSA) is 147 Å². The zero-order chi connectivity index (χ0) is 45.1. The molecular weight excluding hydrogens is 798 g/mol. The molecule has 18 atom stereocenters. The largest absolute Gasteiger partial charge is 1.00 e. The molecule has 0 aliphatic carbocycles. The van der Waals surface area contributed by atoms with E-state index in [-0.39, 0.29) is 77.4 Å². The van der Waals surface area contributed by atoms with Crippen molar-refractivity contribution >= 4 is 11.8 Å². The Morgan fingerprint density at radius 2 is 1.50 bits per heavy atom. The number of carbonyl (C=O) groups excluding carboxylic acids is 2. The van der Waals surface area contributed by atoms with Gasteiger partial charge in [-0.05, 0) is 115 Å². The van der Waals surface area contributed by atoms with Gasteiger partial charge in [0.1, 0.15) is 5.78 Å². The summed E-state index contributed by atoms with van der Waals surface area (Å²) in [6.45, 7) is 26.5. The quantitative estimate of drug-likeness (QED) is 0.137. The van der Waals surface area contributed by atoms with Crippen molar-refractivity contribution in [3.05, 3.63) is 12.2 Å². The molecule has 0 unspecified atom stereocenters. The number of carboxylic acid groups (broad SMARTS) is 1. The van der Waals surface area contributed by atoms with E-state index in [1.165, 1.54) is 0 Å². The predicted octanol–water partition coefficient (Wildman–Crippen LogP) is 4.77. The molecule has 5 heterocycles. The minimum Gasteiger partial charge on any atom is -0.550 e. The van der Waals surface area contributed by atoms with E-state index in [1.807, 2.05) is 41.5 Å². The number of ether oxygens (including phenoxy) is 5. The minimum atomic E-state index is -1.14. The molecule has 0 bridgehead atoms.